The van der Waals surface area contributed by atoms with E-state index < -0.39 is 5.82 Å². The summed E-state index contributed by atoms with van der Waals surface area (Å²) in [5, 5.41) is 0. The number of carbonyl (C=O) groups is 2. The number of amides is 2. The third-order valence-corrected chi connectivity index (χ3v) is 6.39. The molecule has 1 aliphatic heterocycles. The molecule has 2 aromatic rings. The number of thiophene rings is 1. The Labute approximate surface area is 156 Å². The van der Waals surface area contributed by atoms with Gasteiger partial charge in [0.1, 0.15) is 5.82 Å². The number of hydrogen-bond acceptors (Lipinski definition) is 3. The lowest BCUT2D eigenvalue weighted by Gasteiger charge is -2.34. The number of fused-ring (bicyclic) bond motifs is 1. The molecule has 6 heteroatoms. The van der Waals surface area contributed by atoms with E-state index in [0.29, 0.717) is 26.2 Å². The first kappa shape index (κ1) is 17.2. The first-order chi connectivity index (χ1) is 12.6. The van der Waals surface area contributed by atoms with Crippen molar-refractivity contribution in [1.82, 2.24) is 9.80 Å². The highest BCUT2D eigenvalue weighted by Crippen LogP contribution is 2.30. The fourth-order valence-electron chi connectivity index (χ4n) is 3.67. The van der Waals surface area contributed by atoms with E-state index in [1.165, 1.54) is 35.4 Å². The molecule has 0 spiro atoms. The average molecular weight is 372 g/mol. The number of carbonyl (C=O) groups excluding carboxylic acids is 2. The number of aryl methyl sites for hydroxylation is 2. The highest BCUT2D eigenvalue weighted by Gasteiger charge is 2.28. The first-order valence-corrected chi connectivity index (χ1v) is 9.90. The monoisotopic (exact) mass is 372 g/mol. The highest BCUT2D eigenvalue weighted by atomic mass is 32.1. The van der Waals surface area contributed by atoms with Gasteiger partial charge in [0.2, 0.25) is 0 Å². The van der Waals surface area contributed by atoms with Gasteiger partial charge in [-0.05, 0) is 49.4 Å². The van der Waals surface area contributed by atoms with Crippen LogP contribution in [0.1, 0.15) is 43.3 Å². The highest BCUT2D eigenvalue weighted by molar-refractivity contribution is 7.14. The summed E-state index contributed by atoms with van der Waals surface area (Å²) in [4.78, 5) is 30.9. The molecule has 0 radical (unpaired) electrons. The molecule has 4 rings (SSSR count). The maximum atomic E-state index is 13.8. The SMILES string of the molecule is O=C(c1cc2c(s1)CCCC2)N1CCN(C(=O)c2ccccc2F)CC1. The largest absolute Gasteiger partial charge is 0.335 e. The van der Waals surface area contributed by atoms with Crippen LogP contribution in [-0.4, -0.2) is 47.8 Å². The molecule has 0 bridgehead atoms. The van der Waals surface area contributed by atoms with Crippen LogP contribution in [-0.2, 0) is 12.8 Å². The molecule has 2 amide bonds. The van der Waals surface area contributed by atoms with Crippen molar-refractivity contribution < 1.29 is 14.0 Å². The van der Waals surface area contributed by atoms with Crippen LogP contribution >= 0.6 is 11.3 Å². The van der Waals surface area contributed by atoms with Gasteiger partial charge in [0.25, 0.3) is 11.8 Å². The van der Waals surface area contributed by atoms with E-state index in [4.69, 9.17) is 0 Å². The van der Waals surface area contributed by atoms with Gasteiger partial charge in [0.15, 0.2) is 0 Å². The van der Waals surface area contributed by atoms with Crippen LogP contribution in [0.25, 0.3) is 0 Å². The van der Waals surface area contributed by atoms with Crippen LogP contribution in [0.2, 0.25) is 0 Å². The molecule has 1 aliphatic carbocycles. The van der Waals surface area contributed by atoms with Gasteiger partial charge in [-0.1, -0.05) is 12.1 Å². The number of rotatable bonds is 2. The van der Waals surface area contributed by atoms with Crippen molar-refractivity contribution in [1.29, 1.82) is 0 Å². The minimum atomic E-state index is -0.500. The van der Waals surface area contributed by atoms with Gasteiger partial charge in [0, 0.05) is 31.1 Å². The van der Waals surface area contributed by atoms with Crippen LogP contribution in [0.3, 0.4) is 0 Å². The van der Waals surface area contributed by atoms with Crippen LogP contribution in [0.4, 0.5) is 4.39 Å². The topological polar surface area (TPSA) is 40.6 Å². The molecule has 0 unspecified atom stereocenters. The molecule has 136 valence electrons. The van der Waals surface area contributed by atoms with Crippen molar-refractivity contribution in [2.45, 2.75) is 25.7 Å². The Morgan fingerprint density at radius 2 is 1.58 bits per heavy atom. The molecular weight excluding hydrogens is 351 g/mol. The number of benzene rings is 1. The second-order valence-electron chi connectivity index (χ2n) is 6.83. The van der Waals surface area contributed by atoms with Gasteiger partial charge in [-0.25, -0.2) is 4.39 Å². The summed E-state index contributed by atoms with van der Waals surface area (Å²) in [6.45, 7) is 1.84. The lowest BCUT2D eigenvalue weighted by atomic mass is 9.99. The number of halogens is 1. The molecule has 0 saturated carbocycles. The number of nitrogens with zero attached hydrogens (tertiary/aromatic N) is 2. The van der Waals surface area contributed by atoms with E-state index >= 15 is 0 Å². The normalized spacial score (nSPS) is 17.1. The second-order valence-corrected chi connectivity index (χ2v) is 7.97. The van der Waals surface area contributed by atoms with Gasteiger partial charge >= 0.3 is 0 Å². The Morgan fingerprint density at radius 3 is 2.27 bits per heavy atom. The van der Waals surface area contributed by atoms with Crippen molar-refractivity contribution in [3.8, 4) is 0 Å². The predicted octanol–water partition coefficient (Wildman–Crippen LogP) is 3.36. The summed E-state index contributed by atoms with van der Waals surface area (Å²) in [5.41, 5.74) is 1.43. The summed E-state index contributed by atoms with van der Waals surface area (Å²) in [5.74, 6) is -0.746. The number of piperazine rings is 1. The average Bonchev–Trinajstić information content (AvgIpc) is 3.11. The molecule has 4 nitrogen and oxygen atoms in total. The third kappa shape index (κ3) is 3.26. The van der Waals surface area contributed by atoms with Crippen LogP contribution in [0.15, 0.2) is 30.3 Å². The lowest BCUT2D eigenvalue weighted by molar-refractivity contribution is 0.0535. The van der Waals surface area contributed by atoms with E-state index in [1.54, 1.807) is 28.4 Å². The Bertz CT molecular complexity index is 817. The van der Waals surface area contributed by atoms with Gasteiger partial charge < -0.3 is 9.80 Å². The standard InChI is InChI=1S/C20H21FN2O2S/c21-16-7-3-2-6-15(16)19(24)22-9-11-23(12-10-22)20(25)18-13-14-5-1-4-8-17(14)26-18/h2-3,6-7,13H,1,4-5,8-12H2. The smallest absolute Gasteiger partial charge is 0.264 e. The van der Waals surface area contributed by atoms with Crippen LogP contribution < -0.4 is 0 Å². The Hall–Kier alpha value is -2.21. The van der Waals surface area contributed by atoms with E-state index in [-0.39, 0.29) is 17.4 Å². The molecule has 1 aromatic heterocycles. The van der Waals surface area contributed by atoms with Gasteiger partial charge in [-0.2, -0.15) is 0 Å². The van der Waals surface area contributed by atoms with Crippen molar-refractivity contribution in [3.05, 3.63) is 57.0 Å². The van der Waals surface area contributed by atoms with Crippen molar-refractivity contribution >= 4 is 23.2 Å². The molecule has 0 atom stereocenters. The molecule has 26 heavy (non-hydrogen) atoms. The Morgan fingerprint density at radius 1 is 0.923 bits per heavy atom. The molecule has 2 aliphatic rings. The van der Waals surface area contributed by atoms with Crippen LogP contribution in [0.5, 0.6) is 0 Å². The summed E-state index contributed by atoms with van der Waals surface area (Å²) >= 11 is 1.62. The van der Waals surface area contributed by atoms with E-state index in [1.807, 2.05) is 4.90 Å². The number of hydrogen-bond donors (Lipinski definition) is 0. The minimum absolute atomic E-state index is 0.0578. The zero-order valence-corrected chi connectivity index (χ0v) is 15.4. The van der Waals surface area contributed by atoms with Crippen LogP contribution in [0, 0.1) is 5.82 Å². The fourth-order valence-corrected chi connectivity index (χ4v) is 4.89. The Kier molecular flexibility index (Phi) is 4.76. The molecular formula is C20H21FN2O2S. The van der Waals surface area contributed by atoms with E-state index in [2.05, 4.69) is 6.07 Å². The second kappa shape index (κ2) is 7.19. The van der Waals surface area contributed by atoms with Gasteiger partial charge in [-0.3, -0.25) is 9.59 Å². The van der Waals surface area contributed by atoms with Gasteiger partial charge in [-0.15, -0.1) is 11.3 Å². The molecule has 2 heterocycles. The molecule has 1 fully saturated rings. The molecule has 1 saturated heterocycles. The summed E-state index contributed by atoms with van der Waals surface area (Å²) in [7, 11) is 0. The summed E-state index contributed by atoms with van der Waals surface area (Å²) < 4.78 is 13.8. The van der Waals surface area contributed by atoms with Crippen molar-refractivity contribution in [3.63, 3.8) is 0 Å². The maximum absolute atomic E-state index is 13.8. The first-order valence-electron chi connectivity index (χ1n) is 9.08. The summed E-state index contributed by atoms with van der Waals surface area (Å²) in [6, 6.07) is 8.09. The minimum Gasteiger partial charge on any atom is -0.335 e. The summed E-state index contributed by atoms with van der Waals surface area (Å²) in [6.07, 6.45) is 4.56. The van der Waals surface area contributed by atoms with Gasteiger partial charge in [0.05, 0.1) is 10.4 Å². The molecule has 1 aromatic carbocycles. The predicted molar refractivity (Wildman–Crippen MR) is 99.2 cm³/mol. The van der Waals surface area contributed by atoms with E-state index in [0.717, 1.165) is 17.7 Å². The fraction of sp³-hybridized carbons (Fsp3) is 0.400. The Balaban J connectivity index is 1.40. The third-order valence-electron chi connectivity index (χ3n) is 5.17. The zero-order valence-electron chi connectivity index (χ0n) is 14.5. The quantitative estimate of drug-likeness (QED) is 0.811. The maximum Gasteiger partial charge on any atom is 0.264 e. The molecule has 0 N–H and O–H groups in total. The van der Waals surface area contributed by atoms with E-state index in [9.17, 15) is 14.0 Å². The lowest BCUT2D eigenvalue weighted by Crippen LogP contribution is -2.50. The van der Waals surface area contributed by atoms with Crippen molar-refractivity contribution in [2.24, 2.45) is 0 Å². The zero-order chi connectivity index (χ0) is 18.1. The van der Waals surface area contributed by atoms with Crippen molar-refractivity contribution in [2.75, 3.05) is 26.2 Å².